The van der Waals surface area contributed by atoms with Crippen molar-refractivity contribution in [2.75, 3.05) is 19.6 Å². The highest BCUT2D eigenvalue weighted by Crippen LogP contribution is 2.26. The van der Waals surface area contributed by atoms with Gasteiger partial charge in [-0.25, -0.2) is 0 Å². The van der Waals surface area contributed by atoms with Gasteiger partial charge in [-0.3, -0.25) is 4.79 Å². The number of carbonyl (C=O) groups is 1. The minimum Gasteiger partial charge on any atom is -0.342 e. The van der Waals surface area contributed by atoms with E-state index in [1.54, 1.807) is 0 Å². The Kier molecular flexibility index (Phi) is 4.58. The van der Waals surface area contributed by atoms with Gasteiger partial charge >= 0.3 is 0 Å². The normalized spacial score (nSPS) is 25.5. The summed E-state index contributed by atoms with van der Waals surface area (Å²) in [6.45, 7) is 8.89. The number of hydrogen-bond donors (Lipinski definition) is 1. The molecule has 3 nitrogen and oxygen atoms in total. The first kappa shape index (κ1) is 12.5. The van der Waals surface area contributed by atoms with E-state index in [1.807, 2.05) is 4.90 Å². The zero-order chi connectivity index (χ0) is 11.3. The van der Waals surface area contributed by atoms with E-state index in [9.17, 15) is 4.79 Å². The molecule has 0 aromatic rings. The number of nitrogens with zero attached hydrogens (tertiary/aromatic N) is 1. The van der Waals surface area contributed by atoms with Gasteiger partial charge in [0.2, 0.25) is 5.91 Å². The highest BCUT2D eigenvalue weighted by atomic mass is 16.2. The summed E-state index contributed by atoms with van der Waals surface area (Å²) in [6, 6.07) is 0. The van der Waals surface area contributed by atoms with Crippen LogP contribution in [0.2, 0.25) is 0 Å². The predicted octanol–water partition coefficient (Wildman–Crippen LogP) is 1.78. The summed E-state index contributed by atoms with van der Waals surface area (Å²) in [7, 11) is 0. The molecule has 1 rings (SSSR count). The molecule has 1 heterocycles. The monoisotopic (exact) mass is 212 g/mol. The molecule has 0 aromatic carbocycles. The summed E-state index contributed by atoms with van der Waals surface area (Å²) in [5.74, 6) is 0.312. The standard InChI is InChI=1S/C12H24N2O/c1-4-8-12(9-7-10-13-12)11(15)14(5-2)6-3/h13H,4-10H2,1-3H3. The summed E-state index contributed by atoms with van der Waals surface area (Å²) < 4.78 is 0. The van der Waals surface area contributed by atoms with Crippen molar-refractivity contribution in [1.29, 1.82) is 0 Å². The lowest BCUT2D eigenvalue weighted by Crippen LogP contribution is -2.54. The van der Waals surface area contributed by atoms with Crippen molar-refractivity contribution < 1.29 is 4.79 Å². The van der Waals surface area contributed by atoms with Crippen molar-refractivity contribution in [2.24, 2.45) is 0 Å². The molecule has 1 saturated heterocycles. The van der Waals surface area contributed by atoms with E-state index in [0.717, 1.165) is 45.3 Å². The van der Waals surface area contributed by atoms with Crippen LogP contribution < -0.4 is 5.32 Å². The number of likely N-dealkylation sites (N-methyl/N-ethyl adjacent to an activating group) is 1. The fraction of sp³-hybridized carbons (Fsp3) is 0.917. The van der Waals surface area contributed by atoms with Gasteiger partial charge in [0.1, 0.15) is 0 Å². The van der Waals surface area contributed by atoms with E-state index in [0.29, 0.717) is 5.91 Å². The largest absolute Gasteiger partial charge is 0.342 e. The Balaban J connectivity index is 2.74. The summed E-state index contributed by atoms with van der Waals surface area (Å²) in [4.78, 5) is 14.3. The third-order valence-electron chi connectivity index (χ3n) is 3.38. The first-order valence-electron chi connectivity index (χ1n) is 6.24. The molecule has 1 aliphatic rings. The van der Waals surface area contributed by atoms with E-state index in [1.165, 1.54) is 0 Å². The zero-order valence-corrected chi connectivity index (χ0v) is 10.3. The van der Waals surface area contributed by atoms with Gasteiger partial charge < -0.3 is 10.2 Å². The Bertz CT molecular complexity index is 206. The maximum Gasteiger partial charge on any atom is 0.242 e. The molecule has 0 saturated carbocycles. The average molecular weight is 212 g/mol. The van der Waals surface area contributed by atoms with Gasteiger partial charge in [-0.15, -0.1) is 0 Å². The third-order valence-corrected chi connectivity index (χ3v) is 3.38. The second-order valence-electron chi connectivity index (χ2n) is 4.34. The maximum absolute atomic E-state index is 12.4. The molecule has 15 heavy (non-hydrogen) atoms. The van der Waals surface area contributed by atoms with Gasteiger partial charge in [-0.05, 0) is 39.7 Å². The molecule has 0 bridgehead atoms. The van der Waals surface area contributed by atoms with Crippen LogP contribution in [0.1, 0.15) is 46.5 Å². The van der Waals surface area contributed by atoms with Crippen molar-refractivity contribution in [3.05, 3.63) is 0 Å². The average Bonchev–Trinajstić information content (AvgIpc) is 2.70. The van der Waals surface area contributed by atoms with Crippen molar-refractivity contribution >= 4 is 5.91 Å². The number of hydrogen-bond acceptors (Lipinski definition) is 2. The first-order valence-corrected chi connectivity index (χ1v) is 6.24. The zero-order valence-electron chi connectivity index (χ0n) is 10.3. The lowest BCUT2D eigenvalue weighted by Gasteiger charge is -2.33. The van der Waals surface area contributed by atoms with Crippen LogP contribution in [0.5, 0.6) is 0 Å². The SMILES string of the molecule is CCCC1(C(=O)N(CC)CC)CCCN1. The van der Waals surface area contributed by atoms with Crippen LogP contribution in [0.3, 0.4) is 0 Å². The van der Waals surface area contributed by atoms with Crippen molar-refractivity contribution in [3.63, 3.8) is 0 Å². The highest BCUT2D eigenvalue weighted by Gasteiger charge is 2.41. The quantitative estimate of drug-likeness (QED) is 0.753. The molecule has 3 heteroatoms. The number of carbonyl (C=O) groups excluding carboxylic acids is 1. The van der Waals surface area contributed by atoms with E-state index >= 15 is 0 Å². The molecular formula is C12H24N2O. The molecule has 0 spiro atoms. The predicted molar refractivity (Wildman–Crippen MR) is 62.8 cm³/mol. The number of nitrogens with one attached hydrogen (secondary N) is 1. The molecule has 88 valence electrons. The Morgan fingerprint density at radius 2 is 2.00 bits per heavy atom. The molecular weight excluding hydrogens is 188 g/mol. The molecule has 1 aliphatic heterocycles. The third kappa shape index (κ3) is 2.51. The molecule has 1 N–H and O–H groups in total. The Hall–Kier alpha value is -0.570. The minimum atomic E-state index is -0.235. The lowest BCUT2D eigenvalue weighted by molar-refractivity contribution is -0.137. The van der Waals surface area contributed by atoms with Crippen molar-refractivity contribution in [2.45, 2.75) is 52.0 Å². The van der Waals surface area contributed by atoms with Crippen LogP contribution in [-0.4, -0.2) is 36.0 Å². The molecule has 0 aliphatic carbocycles. The van der Waals surface area contributed by atoms with Crippen LogP contribution in [0.15, 0.2) is 0 Å². The number of rotatable bonds is 5. The van der Waals surface area contributed by atoms with E-state index in [2.05, 4.69) is 26.1 Å². The fourth-order valence-electron chi connectivity index (χ4n) is 2.55. The van der Waals surface area contributed by atoms with Gasteiger partial charge in [0.15, 0.2) is 0 Å². The minimum absolute atomic E-state index is 0.235. The summed E-state index contributed by atoms with van der Waals surface area (Å²) in [5.41, 5.74) is -0.235. The van der Waals surface area contributed by atoms with Crippen LogP contribution in [0.4, 0.5) is 0 Å². The van der Waals surface area contributed by atoms with Crippen molar-refractivity contribution in [1.82, 2.24) is 10.2 Å². The smallest absolute Gasteiger partial charge is 0.242 e. The second-order valence-corrected chi connectivity index (χ2v) is 4.34. The van der Waals surface area contributed by atoms with Crippen molar-refractivity contribution in [3.8, 4) is 0 Å². The van der Waals surface area contributed by atoms with Gasteiger partial charge in [-0.2, -0.15) is 0 Å². The van der Waals surface area contributed by atoms with Crippen LogP contribution in [0.25, 0.3) is 0 Å². The summed E-state index contributed by atoms with van der Waals surface area (Å²) >= 11 is 0. The molecule has 1 atom stereocenters. The van der Waals surface area contributed by atoms with E-state index < -0.39 is 0 Å². The van der Waals surface area contributed by atoms with Gasteiger partial charge in [-0.1, -0.05) is 13.3 Å². The Morgan fingerprint density at radius 3 is 2.40 bits per heavy atom. The number of amides is 1. The maximum atomic E-state index is 12.4. The highest BCUT2D eigenvalue weighted by molar-refractivity contribution is 5.86. The first-order chi connectivity index (χ1) is 7.20. The molecule has 1 fully saturated rings. The molecule has 0 radical (unpaired) electrons. The van der Waals surface area contributed by atoms with Crippen LogP contribution in [-0.2, 0) is 4.79 Å². The lowest BCUT2D eigenvalue weighted by atomic mass is 9.90. The summed E-state index contributed by atoms with van der Waals surface area (Å²) in [6.07, 6.45) is 4.19. The molecule has 1 unspecified atom stereocenters. The second kappa shape index (κ2) is 5.50. The summed E-state index contributed by atoms with van der Waals surface area (Å²) in [5, 5.41) is 3.43. The molecule has 0 aromatic heterocycles. The Labute approximate surface area is 93.2 Å². The van der Waals surface area contributed by atoms with Gasteiger partial charge in [0, 0.05) is 13.1 Å². The fourth-order valence-corrected chi connectivity index (χ4v) is 2.55. The Morgan fingerprint density at radius 1 is 1.33 bits per heavy atom. The van der Waals surface area contributed by atoms with Gasteiger partial charge in [0.05, 0.1) is 5.54 Å². The molecule has 1 amide bonds. The topological polar surface area (TPSA) is 32.3 Å². The van der Waals surface area contributed by atoms with E-state index in [-0.39, 0.29) is 5.54 Å². The van der Waals surface area contributed by atoms with Crippen LogP contribution >= 0.6 is 0 Å². The van der Waals surface area contributed by atoms with Gasteiger partial charge in [0.25, 0.3) is 0 Å². The van der Waals surface area contributed by atoms with Crippen LogP contribution in [0, 0.1) is 0 Å². The van der Waals surface area contributed by atoms with E-state index in [4.69, 9.17) is 0 Å².